The van der Waals surface area contributed by atoms with Crippen LogP contribution in [0.3, 0.4) is 0 Å². The number of ketones is 1. The standard InChI is InChI=1S/C16H16N2O5S/c1-12(19)13-7-9-15(10-8-13)17(24(2,22)23)11-14-5-3-4-6-16(14)18(20)21/h3-10H,11H2,1-2H3. The molecule has 2 aromatic carbocycles. The summed E-state index contributed by atoms with van der Waals surface area (Å²) < 4.78 is 25.3. The zero-order valence-corrected chi connectivity index (χ0v) is 14.0. The minimum Gasteiger partial charge on any atom is -0.295 e. The molecular formula is C16H16N2O5S. The van der Waals surface area contributed by atoms with Gasteiger partial charge in [-0.15, -0.1) is 0 Å². The van der Waals surface area contributed by atoms with E-state index in [0.29, 0.717) is 11.3 Å². The third-order valence-electron chi connectivity index (χ3n) is 3.46. The molecule has 2 rings (SSSR count). The Bertz CT molecular complexity index is 876. The number of hydrogen-bond donors (Lipinski definition) is 0. The van der Waals surface area contributed by atoms with Crippen LogP contribution in [0, 0.1) is 10.1 Å². The first-order valence-corrected chi connectivity index (χ1v) is 8.86. The highest BCUT2D eigenvalue weighted by atomic mass is 32.2. The number of nitrogens with zero attached hydrogens (tertiary/aromatic N) is 2. The van der Waals surface area contributed by atoms with Crippen LogP contribution >= 0.6 is 0 Å². The predicted molar refractivity (Wildman–Crippen MR) is 90.6 cm³/mol. The van der Waals surface area contributed by atoms with Gasteiger partial charge in [0, 0.05) is 11.6 Å². The second-order valence-electron chi connectivity index (χ2n) is 5.26. The Kier molecular flexibility index (Phi) is 4.99. The van der Waals surface area contributed by atoms with Gasteiger partial charge in [0.15, 0.2) is 5.78 Å². The summed E-state index contributed by atoms with van der Waals surface area (Å²) in [4.78, 5) is 21.9. The highest BCUT2D eigenvalue weighted by Gasteiger charge is 2.22. The van der Waals surface area contributed by atoms with Crippen LogP contribution in [-0.4, -0.2) is 25.4 Å². The number of rotatable bonds is 6. The molecule has 0 amide bonds. The van der Waals surface area contributed by atoms with Gasteiger partial charge in [-0.1, -0.05) is 18.2 Å². The van der Waals surface area contributed by atoms with Gasteiger partial charge in [-0.05, 0) is 31.2 Å². The van der Waals surface area contributed by atoms with Gasteiger partial charge in [-0.2, -0.15) is 0 Å². The number of anilines is 1. The molecule has 2 aromatic rings. The molecule has 0 saturated heterocycles. The SMILES string of the molecule is CC(=O)c1ccc(N(Cc2ccccc2[N+](=O)[O-])S(C)(=O)=O)cc1. The summed E-state index contributed by atoms with van der Waals surface area (Å²) >= 11 is 0. The minimum absolute atomic E-state index is 0.133. The van der Waals surface area contributed by atoms with Crippen molar-refractivity contribution in [2.75, 3.05) is 10.6 Å². The summed E-state index contributed by atoms with van der Waals surface area (Å²) in [7, 11) is -3.67. The van der Waals surface area contributed by atoms with E-state index in [0.717, 1.165) is 10.6 Å². The fourth-order valence-corrected chi connectivity index (χ4v) is 3.12. The first kappa shape index (κ1) is 17.6. The zero-order valence-electron chi connectivity index (χ0n) is 13.2. The van der Waals surface area contributed by atoms with Crippen LogP contribution in [0.15, 0.2) is 48.5 Å². The monoisotopic (exact) mass is 348 g/mol. The molecule has 0 aromatic heterocycles. The molecule has 7 nitrogen and oxygen atoms in total. The Morgan fingerprint density at radius 1 is 1.12 bits per heavy atom. The van der Waals surface area contributed by atoms with E-state index in [9.17, 15) is 23.3 Å². The van der Waals surface area contributed by atoms with Crippen molar-refractivity contribution in [2.45, 2.75) is 13.5 Å². The van der Waals surface area contributed by atoms with Crippen molar-refractivity contribution < 1.29 is 18.1 Å². The maximum Gasteiger partial charge on any atom is 0.274 e. The number of carbonyl (C=O) groups excluding carboxylic acids is 1. The smallest absolute Gasteiger partial charge is 0.274 e. The summed E-state index contributed by atoms with van der Waals surface area (Å²) in [6.45, 7) is 1.24. The molecule has 0 saturated carbocycles. The molecular weight excluding hydrogens is 332 g/mol. The second-order valence-corrected chi connectivity index (χ2v) is 7.17. The number of Topliss-reactive ketones (excluding diaryl/α,β-unsaturated/α-hetero) is 1. The normalized spacial score (nSPS) is 11.1. The molecule has 0 atom stereocenters. The van der Waals surface area contributed by atoms with E-state index in [1.807, 2.05) is 0 Å². The van der Waals surface area contributed by atoms with Gasteiger partial charge in [0.2, 0.25) is 10.0 Å². The van der Waals surface area contributed by atoms with Crippen molar-refractivity contribution in [1.82, 2.24) is 0 Å². The highest BCUT2D eigenvalue weighted by molar-refractivity contribution is 7.92. The van der Waals surface area contributed by atoms with Crippen LogP contribution in [-0.2, 0) is 16.6 Å². The van der Waals surface area contributed by atoms with E-state index in [1.54, 1.807) is 6.07 Å². The minimum atomic E-state index is -3.67. The number of nitro groups is 1. The number of benzene rings is 2. The van der Waals surface area contributed by atoms with E-state index in [-0.39, 0.29) is 23.6 Å². The summed E-state index contributed by atoms with van der Waals surface area (Å²) in [6, 6.07) is 12.0. The lowest BCUT2D eigenvalue weighted by Crippen LogP contribution is -2.29. The fraction of sp³-hybridized carbons (Fsp3) is 0.188. The first-order chi connectivity index (χ1) is 11.2. The molecule has 0 unspecified atom stereocenters. The van der Waals surface area contributed by atoms with Gasteiger partial charge in [-0.3, -0.25) is 19.2 Å². The summed E-state index contributed by atoms with van der Waals surface area (Å²) in [5.74, 6) is -0.133. The lowest BCUT2D eigenvalue weighted by atomic mass is 10.1. The summed E-state index contributed by atoms with van der Waals surface area (Å²) in [6.07, 6.45) is 1.03. The molecule has 0 radical (unpaired) electrons. The molecule has 0 N–H and O–H groups in total. The van der Waals surface area contributed by atoms with Crippen molar-refractivity contribution in [3.8, 4) is 0 Å². The lowest BCUT2D eigenvalue weighted by molar-refractivity contribution is -0.385. The van der Waals surface area contributed by atoms with E-state index in [4.69, 9.17) is 0 Å². The Labute approximate surface area is 139 Å². The maximum absolute atomic E-state index is 12.1. The number of nitro benzene ring substituents is 1. The molecule has 0 aliphatic rings. The molecule has 0 aliphatic heterocycles. The molecule has 126 valence electrons. The van der Waals surface area contributed by atoms with Crippen LogP contribution in [0.25, 0.3) is 0 Å². The quantitative estimate of drug-likeness (QED) is 0.454. The molecule has 0 heterocycles. The van der Waals surface area contributed by atoms with Gasteiger partial charge < -0.3 is 0 Å². The summed E-state index contributed by atoms with van der Waals surface area (Å²) in [5, 5.41) is 11.1. The number of hydrogen-bond acceptors (Lipinski definition) is 5. The van der Waals surface area contributed by atoms with E-state index >= 15 is 0 Å². The first-order valence-electron chi connectivity index (χ1n) is 7.01. The average molecular weight is 348 g/mol. The molecule has 0 bridgehead atoms. The van der Waals surface area contributed by atoms with Crippen molar-refractivity contribution in [3.63, 3.8) is 0 Å². The third kappa shape index (κ3) is 3.96. The Balaban J connectivity index is 2.45. The van der Waals surface area contributed by atoms with Crippen molar-refractivity contribution in [1.29, 1.82) is 0 Å². The number of carbonyl (C=O) groups is 1. The van der Waals surface area contributed by atoms with Crippen LogP contribution < -0.4 is 4.31 Å². The van der Waals surface area contributed by atoms with Crippen molar-refractivity contribution >= 4 is 27.2 Å². The molecule has 0 spiro atoms. The van der Waals surface area contributed by atoms with E-state index in [2.05, 4.69) is 0 Å². The van der Waals surface area contributed by atoms with Crippen LogP contribution in [0.5, 0.6) is 0 Å². The van der Waals surface area contributed by atoms with Gasteiger partial charge in [0.1, 0.15) is 0 Å². The van der Waals surface area contributed by atoms with E-state index in [1.165, 1.54) is 49.4 Å². The Morgan fingerprint density at radius 2 is 1.71 bits per heavy atom. The highest BCUT2D eigenvalue weighted by Crippen LogP contribution is 2.25. The Morgan fingerprint density at radius 3 is 2.21 bits per heavy atom. The maximum atomic E-state index is 12.1. The largest absolute Gasteiger partial charge is 0.295 e. The average Bonchev–Trinajstić information content (AvgIpc) is 2.52. The van der Waals surface area contributed by atoms with Crippen LogP contribution in [0.2, 0.25) is 0 Å². The van der Waals surface area contributed by atoms with Crippen molar-refractivity contribution in [3.05, 3.63) is 69.8 Å². The van der Waals surface area contributed by atoms with Gasteiger partial charge >= 0.3 is 0 Å². The molecule has 24 heavy (non-hydrogen) atoms. The number of sulfonamides is 1. The number of para-hydroxylation sites is 1. The molecule has 8 heteroatoms. The molecule has 0 fully saturated rings. The Hall–Kier alpha value is -2.74. The lowest BCUT2D eigenvalue weighted by Gasteiger charge is -2.22. The summed E-state index contributed by atoms with van der Waals surface area (Å²) in [5.41, 5.74) is 0.925. The van der Waals surface area contributed by atoms with Crippen molar-refractivity contribution in [2.24, 2.45) is 0 Å². The molecule has 0 aliphatic carbocycles. The fourth-order valence-electron chi connectivity index (χ4n) is 2.24. The predicted octanol–water partition coefficient (Wildman–Crippen LogP) is 2.76. The van der Waals surface area contributed by atoms with E-state index < -0.39 is 14.9 Å². The van der Waals surface area contributed by atoms with Gasteiger partial charge in [0.25, 0.3) is 5.69 Å². The topological polar surface area (TPSA) is 97.6 Å². The second kappa shape index (κ2) is 6.79. The van der Waals surface area contributed by atoms with Crippen LogP contribution in [0.1, 0.15) is 22.8 Å². The van der Waals surface area contributed by atoms with Gasteiger partial charge in [0.05, 0.1) is 29.0 Å². The zero-order chi connectivity index (χ0) is 17.9. The van der Waals surface area contributed by atoms with Gasteiger partial charge in [-0.25, -0.2) is 8.42 Å². The van der Waals surface area contributed by atoms with Crippen LogP contribution in [0.4, 0.5) is 11.4 Å². The third-order valence-corrected chi connectivity index (χ3v) is 4.60.